The van der Waals surface area contributed by atoms with Gasteiger partial charge in [0.1, 0.15) is 0 Å². The summed E-state index contributed by atoms with van der Waals surface area (Å²) in [5.74, 6) is 0.162. The Kier molecular flexibility index (Phi) is 3.91. The van der Waals surface area contributed by atoms with E-state index in [1.165, 1.54) is 5.56 Å². The fourth-order valence-corrected chi connectivity index (χ4v) is 2.67. The molecule has 2 aromatic rings. The average Bonchev–Trinajstić information content (AvgIpc) is 2.72. The monoisotopic (exact) mass is 280 g/mol. The molecule has 0 saturated heterocycles. The Morgan fingerprint density at radius 1 is 1.14 bits per heavy atom. The van der Waals surface area contributed by atoms with Crippen molar-refractivity contribution in [3.05, 3.63) is 59.7 Å². The smallest absolute Gasteiger partial charge is 0.231 e. The van der Waals surface area contributed by atoms with Crippen molar-refractivity contribution in [3.63, 3.8) is 0 Å². The van der Waals surface area contributed by atoms with Gasteiger partial charge in [0, 0.05) is 13.1 Å². The molecule has 1 aliphatic heterocycles. The van der Waals surface area contributed by atoms with E-state index >= 15 is 0 Å². The quantitative estimate of drug-likeness (QED) is 0.914. The number of hydrogen-bond acceptors (Lipinski definition) is 2. The van der Waals surface area contributed by atoms with Gasteiger partial charge in [-0.05, 0) is 31.0 Å². The number of carbonyl (C=O) groups is 1. The van der Waals surface area contributed by atoms with Crippen molar-refractivity contribution in [1.29, 1.82) is 0 Å². The number of nitrogens with zero attached hydrogens (tertiary/aromatic N) is 1. The molecule has 0 bridgehead atoms. The molecule has 0 fully saturated rings. The predicted molar refractivity (Wildman–Crippen MR) is 86.8 cm³/mol. The molecule has 0 atom stereocenters. The third kappa shape index (κ3) is 3.07. The second-order valence-corrected chi connectivity index (χ2v) is 5.51. The number of anilines is 2. The van der Waals surface area contributed by atoms with Crippen LogP contribution in [0.4, 0.5) is 11.4 Å². The van der Waals surface area contributed by atoms with E-state index in [4.69, 9.17) is 0 Å². The average molecular weight is 280 g/mol. The summed E-state index contributed by atoms with van der Waals surface area (Å²) < 4.78 is 0. The summed E-state index contributed by atoms with van der Waals surface area (Å²) in [6.45, 7) is 3.74. The van der Waals surface area contributed by atoms with E-state index in [1.807, 2.05) is 41.3 Å². The first kappa shape index (κ1) is 13.7. The molecule has 1 N–H and O–H groups in total. The maximum Gasteiger partial charge on any atom is 0.231 e. The number of carbonyl (C=O) groups excluding carboxylic acids is 1. The molecule has 1 aliphatic rings. The first-order valence-electron chi connectivity index (χ1n) is 7.43. The number of para-hydroxylation sites is 2. The molecule has 0 radical (unpaired) electrons. The van der Waals surface area contributed by atoms with Gasteiger partial charge in [0.2, 0.25) is 5.91 Å². The molecule has 2 aromatic carbocycles. The lowest BCUT2D eigenvalue weighted by atomic mass is 10.1. The molecule has 108 valence electrons. The number of rotatable bonds is 2. The molecule has 3 heteroatoms. The molecule has 1 amide bonds. The summed E-state index contributed by atoms with van der Waals surface area (Å²) in [7, 11) is 0. The number of hydrogen-bond donors (Lipinski definition) is 1. The lowest BCUT2D eigenvalue weighted by Crippen LogP contribution is -2.32. The number of benzene rings is 2. The lowest BCUT2D eigenvalue weighted by Gasteiger charge is -2.22. The molecule has 3 rings (SSSR count). The third-order valence-electron chi connectivity index (χ3n) is 3.85. The van der Waals surface area contributed by atoms with Crippen LogP contribution < -0.4 is 10.2 Å². The van der Waals surface area contributed by atoms with Crippen molar-refractivity contribution in [2.24, 2.45) is 0 Å². The van der Waals surface area contributed by atoms with E-state index in [1.54, 1.807) is 0 Å². The van der Waals surface area contributed by atoms with Gasteiger partial charge >= 0.3 is 0 Å². The standard InChI is InChI=1S/C18H20N2O/c1-14-7-9-15(10-8-14)13-18(21)20-12-4-11-19-16-5-2-3-6-17(16)20/h2-3,5-10,19H,4,11-13H2,1H3. The first-order chi connectivity index (χ1) is 10.2. The maximum atomic E-state index is 12.7. The number of amides is 1. The molecule has 0 aliphatic carbocycles. The van der Waals surface area contributed by atoms with E-state index in [0.717, 1.165) is 36.4 Å². The predicted octanol–water partition coefficient (Wildman–Crippen LogP) is 3.39. The normalized spacial score (nSPS) is 14.0. The lowest BCUT2D eigenvalue weighted by molar-refractivity contribution is -0.118. The molecule has 3 nitrogen and oxygen atoms in total. The van der Waals surface area contributed by atoms with Gasteiger partial charge in [0.15, 0.2) is 0 Å². The zero-order valence-corrected chi connectivity index (χ0v) is 12.3. The van der Waals surface area contributed by atoms with Crippen LogP contribution in [0.5, 0.6) is 0 Å². The zero-order chi connectivity index (χ0) is 14.7. The van der Waals surface area contributed by atoms with Crippen LogP contribution in [0.2, 0.25) is 0 Å². The van der Waals surface area contributed by atoms with Gasteiger partial charge in [0.05, 0.1) is 17.8 Å². The molecule has 0 unspecified atom stereocenters. The third-order valence-corrected chi connectivity index (χ3v) is 3.85. The maximum absolute atomic E-state index is 12.7. The van der Waals surface area contributed by atoms with Gasteiger partial charge in [-0.25, -0.2) is 0 Å². The first-order valence-corrected chi connectivity index (χ1v) is 7.43. The molecule has 1 heterocycles. The van der Waals surface area contributed by atoms with Crippen molar-refractivity contribution in [2.45, 2.75) is 19.8 Å². The Morgan fingerprint density at radius 2 is 1.90 bits per heavy atom. The number of aryl methyl sites for hydroxylation is 1. The topological polar surface area (TPSA) is 32.3 Å². The largest absolute Gasteiger partial charge is 0.383 e. The van der Waals surface area contributed by atoms with Crippen molar-refractivity contribution >= 4 is 17.3 Å². The second kappa shape index (κ2) is 6.00. The fraction of sp³-hybridized carbons (Fsp3) is 0.278. The zero-order valence-electron chi connectivity index (χ0n) is 12.3. The van der Waals surface area contributed by atoms with Gasteiger partial charge in [-0.1, -0.05) is 42.0 Å². The highest BCUT2D eigenvalue weighted by Gasteiger charge is 2.20. The van der Waals surface area contributed by atoms with Crippen LogP contribution in [-0.4, -0.2) is 19.0 Å². The Morgan fingerprint density at radius 3 is 2.71 bits per heavy atom. The van der Waals surface area contributed by atoms with E-state index in [2.05, 4.69) is 24.4 Å². The van der Waals surface area contributed by atoms with Crippen LogP contribution in [0, 0.1) is 6.92 Å². The molecular weight excluding hydrogens is 260 g/mol. The minimum absolute atomic E-state index is 0.162. The highest BCUT2D eigenvalue weighted by Crippen LogP contribution is 2.28. The Balaban J connectivity index is 1.82. The molecule has 21 heavy (non-hydrogen) atoms. The highest BCUT2D eigenvalue weighted by molar-refractivity contribution is 5.98. The van der Waals surface area contributed by atoms with Gasteiger partial charge in [-0.15, -0.1) is 0 Å². The summed E-state index contributed by atoms with van der Waals surface area (Å²) in [4.78, 5) is 14.6. The van der Waals surface area contributed by atoms with Crippen LogP contribution in [0.3, 0.4) is 0 Å². The van der Waals surface area contributed by atoms with Crippen LogP contribution in [0.1, 0.15) is 17.5 Å². The minimum Gasteiger partial charge on any atom is -0.383 e. The molecule has 0 saturated carbocycles. The Labute approximate surface area is 125 Å². The van der Waals surface area contributed by atoms with Crippen LogP contribution in [0.15, 0.2) is 48.5 Å². The second-order valence-electron chi connectivity index (χ2n) is 5.51. The van der Waals surface area contributed by atoms with Gasteiger partial charge < -0.3 is 10.2 Å². The minimum atomic E-state index is 0.162. The number of fused-ring (bicyclic) bond motifs is 1. The summed E-state index contributed by atoms with van der Waals surface area (Å²) in [6, 6.07) is 16.2. The van der Waals surface area contributed by atoms with Crippen molar-refractivity contribution in [1.82, 2.24) is 0 Å². The van der Waals surface area contributed by atoms with Crippen LogP contribution in [0.25, 0.3) is 0 Å². The van der Waals surface area contributed by atoms with Gasteiger partial charge in [0.25, 0.3) is 0 Å². The van der Waals surface area contributed by atoms with Crippen molar-refractivity contribution in [3.8, 4) is 0 Å². The summed E-state index contributed by atoms with van der Waals surface area (Å²) >= 11 is 0. The van der Waals surface area contributed by atoms with Crippen molar-refractivity contribution in [2.75, 3.05) is 23.3 Å². The van der Waals surface area contributed by atoms with E-state index in [0.29, 0.717) is 6.42 Å². The van der Waals surface area contributed by atoms with E-state index < -0.39 is 0 Å². The van der Waals surface area contributed by atoms with E-state index in [-0.39, 0.29) is 5.91 Å². The van der Waals surface area contributed by atoms with Gasteiger partial charge in [-0.3, -0.25) is 4.79 Å². The summed E-state index contributed by atoms with van der Waals surface area (Å²) in [5.41, 5.74) is 4.33. The van der Waals surface area contributed by atoms with E-state index in [9.17, 15) is 4.79 Å². The number of nitrogens with one attached hydrogen (secondary N) is 1. The van der Waals surface area contributed by atoms with Gasteiger partial charge in [-0.2, -0.15) is 0 Å². The molecular formula is C18H20N2O. The van der Waals surface area contributed by atoms with Crippen LogP contribution in [-0.2, 0) is 11.2 Å². The Hall–Kier alpha value is -2.29. The summed E-state index contributed by atoms with van der Waals surface area (Å²) in [6.07, 6.45) is 1.42. The Bertz CT molecular complexity index is 634. The highest BCUT2D eigenvalue weighted by atomic mass is 16.2. The fourth-order valence-electron chi connectivity index (χ4n) is 2.67. The summed E-state index contributed by atoms with van der Waals surface area (Å²) in [5, 5.41) is 3.39. The SMILES string of the molecule is Cc1ccc(CC(=O)N2CCCNc3ccccc32)cc1. The molecule has 0 spiro atoms. The molecule has 0 aromatic heterocycles. The van der Waals surface area contributed by atoms with Crippen LogP contribution >= 0.6 is 0 Å². The van der Waals surface area contributed by atoms with Crippen molar-refractivity contribution < 1.29 is 4.79 Å².